The van der Waals surface area contributed by atoms with Gasteiger partial charge < -0.3 is 11.1 Å². The number of rotatable bonds is 0. The van der Waals surface area contributed by atoms with Gasteiger partial charge in [-0.3, -0.25) is 4.79 Å². The number of nitrogen functional groups attached to an aromatic ring is 1. The lowest BCUT2D eigenvalue weighted by Gasteiger charge is -2.31. The number of anilines is 2. The van der Waals surface area contributed by atoms with Crippen molar-refractivity contribution in [1.82, 2.24) is 5.32 Å². The largest absolute Gasteiger partial charge is 0.398 e. The van der Waals surface area contributed by atoms with Crippen molar-refractivity contribution in [2.75, 3.05) is 11.1 Å². The van der Waals surface area contributed by atoms with Crippen LogP contribution in [0.15, 0.2) is 16.6 Å². The Morgan fingerprint density at radius 1 is 1.47 bits per heavy atom. The van der Waals surface area contributed by atoms with Gasteiger partial charge in [0.1, 0.15) is 11.2 Å². The predicted octanol–water partition coefficient (Wildman–Crippen LogP) is 2.00. The van der Waals surface area contributed by atoms with Crippen LogP contribution in [0.25, 0.3) is 0 Å². The van der Waals surface area contributed by atoms with Crippen LogP contribution in [0, 0.1) is 0 Å². The second-order valence-electron chi connectivity index (χ2n) is 4.03. The van der Waals surface area contributed by atoms with Crippen molar-refractivity contribution in [3.8, 4) is 0 Å². The molecule has 0 atom stereocenters. The maximum atomic E-state index is 11.7. The van der Waals surface area contributed by atoms with E-state index in [2.05, 4.69) is 26.6 Å². The molecule has 1 amide bonds. The molecule has 0 fully saturated rings. The van der Waals surface area contributed by atoms with Crippen LogP contribution in [-0.4, -0.2) is 11.4 Å². The number of nitrogens with one attached hydrogen (secondary N) is 1. The lowest BCUT2D eigenvalue weighted by molar-refractivity contribution is -0.123. The normalized spacial score (nSPS) is 17.7. The van der Waals surface area contributed by atoms with Gasteiger partial charge in [0.15, 0.2) is 0 Å². The Kier molecular flexibility index (Phi) is 2.15. The number of nitrogens with zero attached hydrogens (tertiary/aromatic N) is 1. The maximum absolute atomic E-state index is 11.7. The molecule has 0 aliphatic carbocycles. The summed E-state index contributed by atoms with van der Waals surface area (Å²) in [4.78, 5) is 11.7. The first-order chi connectivity index (χ1) is 6.92. The highest BCUT2D eigenvalue weighted by atomic mass is 79.9. The number of hydrogen-bond acceptors (Lipinski definition) is 3. The second-order valence-corrected chi connectivity index (χ2v) is 4.82. The molecule has 1 radical (unpaired) electrons. The van der Waals surface area contributed by atoms with E-state index in [9.17, 15) is 4.79 Å². The fourth-order valence-corrected chi connectivity index (χ4v) is 1.86. The van der Waals surface area contributed by atoms with Crippen LogP contribution < -0.4 is 16.4 Å². The molecule has 1 heterocycles. The summed E-state index contributed by atoms with van der Waals surface area (Å²) >= 11 is 3.32. The first-order valence-electron chi connectivity index (χ1n) is 4.54. The molecule has 5 heteroatoms. The number of benzene rings is 1. The van der Waals surface area contributed by atoms with E-state index in [1.165, 1.54) is 0 Å². The first kappa shape index (κ1) is 10.3. The Balaban J connectivity index is 2.55. The van der Waals surface area contributed by atoms with Gasteiger partial charge in [0.05, 0.1) is 10.2 Å². The Hall–Kier alpha value is -1.23. The zero-order chi connectivity index (χ0) is 11.2. The summed E-state index contributed by atoms with van der Waals surface area (Å²) in [6.07, 6.45) is 0. The lowest BCUT2D eigenvalue weighted by Crippen LogP contribution is -2.47. The molecular weight excluding hydrogens is 258 g/mol. The molecule has 0 aromatic heterocycles. The molecule has 1 aliphatic heterocycles. The van der Waals surface area contributed by atoms with Gasteiger partial charge in [-0.05, 0) is 41.9 Å². The van der Waals surface area contributed by atoms with E-state index < -0.39 is 5.54 Å². The summed E-state index contributed by atoms with van der Waals surface area (Å²) < 4.78 is 0.663. The molecule has 2 rings (SSSR count). The molecule has 1 aromatic carbocycles. The Morgan fingerprint density at radius 3 is 2.80 bits per heavy atom. The van der Waals surface area contributed by atoms with E-state index in [-0.39, 0.29) is 5.91 Å². The minimum Gasteiger partial charge on any atom is -0.398 e. The van der Waals surface area contributed by atoms with Crippen molar-refractivity contribution in [1.29, 1.82) is 0 Å². The second kappa shape index (κ2) is 3.13. The third kappa shape index (κ3) is 1.56. The molecule has 4 nitrogen and oxygen atoms in total. The Labute approximate surface area is 96.4 Å². The molecule has 79 valence electrons. The zero-order valence-corrected chi connectivity index (χ0v) is 10.1. The van der Waals surface area contributed by atoms with E-state index in [0.717, 1.165) is 5.69 Å². The fraction of sp³-hybridized carbons (Fsp3) is 0.300. The molecule has 3 N–H and O–H groups in total. The summed E-state index contributed by atoms with van der Waals surface area (Å²) in [6, 6.07) is 3.60. The fourth-order valence-electron chi connectivity index (χ4n) is 1.42. The first-order valence-corrected chi connectivity index (χ1v) is 5.33. The van der Waals surface area contributed by atoms with E-state index >= 15 is 0 Å². The summed E-state index contributed by atoms with van der Waals surface area (Å²) in [7, 11) is 0. The van der Waals surface area contributed by atoms with Crippen LogP contribution in [0.3, 0.4) is 0 Å². The van der Waals surface area contributed by atoms with E-state index in [1.807, 2.05) is 6.07 Å². The smallest absolute Gasteiger partial charge is 0.271 e. The van der Waals surface area contributed by atoms with Crippen molar-refractivity contribution in [2.45, 2.75) is 19.4 Å². The van der Waals surface area contributed by atoms with Crippen LogP contribution in [0.4, 0.5) is 17.1 Å². The SMILES string of the molecule is CC1(C)Nc2ccc(N)c(Br)c2[N]C1=O. The zero-order valence-electron chi connectivity index (χ0n) is 8.47. The molecule has 1 aliphatic rings. The number of amides is 1. The summed E-state index contributed by atoms with van der Waals surface area (Å²) in [6.45, 7) is 3.60. The van der Waals surface area contributed by atoms with Gasteiger partial charge in [-0.15, -0.1) is 0 Å². The van der Waals surface area contributed by atoms with Crippen LogP contribution in [0.1, 0.15) is 13.8 Å². The number of fused-ring (bicyclic) bond motifs is 1. The van der Waals surface area contributed by atoms with E-state index in [0.29, 0.717) is 15.8 Å². The van der Waals surface area contributed by atoms with E-state index in [1.54, 1.807) is 19.9 Å². The van der Waals surface area contributed by atoms with Crippen molar-refractivity contribution in [2.24, 2.45) is 0 Å². The minimum atomic E-state index is -0.650. The van der Waals surface area contributed by atoms with Gasteiger partial charge in [0.25, 0.3) is 5.91 Å². The van der Waals surface area contributed by atoms with Gasteiger partial charge in [-0.2, -0.15) is 0 Å². The highest BCUT2D eigenvalue weighted by molar-refractivity contribution is 9.10. The summed E-state index contributed by atoms with van der Waals surface area (Å²) in [5.41, 5.74) is 7.04. The molecule has 0 bridgehead atoms. The predicted molar refractivity (Wildman–Crippen MR) is 63.1 cm³/mol. The van der Waals surface area contributed by atoms with Crippen molar-refractivity contribution in [3.05, 3.63) is 16.6 Å². The van der Waals surface area contributed by atoms with Crippen molar-refractivity contribution in [3.63, 3.8) is 0 Å². The quantitative estimate of drug-likeness (QED) is 0.708. The molecule has 0 spiro atoms. The number of carbonyl (C=O) groups is 1. The molecule has 0 unspecified atom stereocenters. The van der Waals surface area contributed by atoms with Crippen LogP contribution in [0.5, 0.6) is 0 Å². The third-order valence-corrected chi connectivity index (χ3v) is 3.17. The van der Waals surface area contributed by atoms with Gasteiger partial charge in [0.2, 0.25) is 0 Å². The van der Waals surface area contributed by atoms with Crippen LogP contribution in [0.2, 0.25) is 0 Å². The van der Waals surface area contributed by atoms with Gasteiger partial charge >= 0.3 is 0 Å². The molecule has 0 saturated carbocycles. The Morgan fingerprint density at radius 2 is 2.13 bits per heavy atom. The Bertz CT molecular complexity index is 443. The standard InChI is InChI=1S/C10H11BrN3O/c1-10(2)9(15)13-8-6(14-10)4-3-5(12)7(8)11/h3-4,14H,12H2,1-2H3. The monoisotopic (exact) mass is 268 g/mol. The highest BCUT2D eigenvalue weighted by Crippen LogP contribution is 2.39. The average molecular weight is 269 g/mol. The van der Waals surface area contributed by atoms with Crippen LogP contribution >= 0.6 is 15.9 Å². The average Bonchev–Trinajstić information content (AvgIpc) is 2.15. The molecule has 1 aromatic rings. The molecular formula is C10H11BrN3O. The van der Waals surface area contributed by atoms with Crippen molar-refractivity contribution >= 4 is 38.9 Å². The molecule has 0 saturated heterocycles. The topological polar surface area (TPSA) is 69.2 Å². The third-order valence-electron chi connectivity index (χ3n) is 2.34. The van der Waals surface area contributed by atoms with E-state index in [4.69, 9.17) is 5.73 Å². The highest BCUT2D eigenvalue weighted by Gasteiger charge is 2.35. The summed E-state index contributed by atoms with van der Waals surface area (Å²) in [5.74, 6) is -0.193. The number of nitrogens with two attached hydrogens (primary N) is 1. The number of halogens is 1. The van der Waals surface area contributed by atoms with Crippen molar-refractivity contribution < 1.29 is 4.79 Å². The van der Waals surface area contributed by atoms with Gasteiger partial charge in [-0.25, -0.2) is 5.32 Å². The molecule has 15 heavy (non-hydrogen) atoms. The lowest BCUT2D eigenvalue weighted by atomic mass is 10.00. The van der Waals surface area contributed by atoms with Gasteiger partial charge in [-0.1, -0.05) is 0 Å². The number of hydrogen-bond donors (Lipinski definition) is 2. The van der Waals surface area contributed by atoms with Gasteiger partial charge in [0, 0.05) is 5.69 Å². The number of carbonyl (C=O) groups excluding carboxylic acids is 1. The van der Waals surface area contributed by atoms with Crippen LogP contribution in [-0.2, 0) is 4.79 Å². The maximum Gasteiger partial charge on any atom is 0.271 e. The minimum absolute atomic E-state index is 0.193. The summed E-state index contributed by atoms with van der Waals surface area (Å²) in [5, 5.41) is 7.16.